The zero-order valence-electron chi connectivity index (χ0n) is 22.1. The highest BCUT2D eigenvalue weighted by Gasteiger charge is 2.51. The lowest BCUT2D eigenvalue weighted by Crippen LogP contribution is -2.51. The average Bonchev–Trinajstić information content (AvgIpc) is 3.43. The number of benzene rings is 1. The third-order valence-electron chi connectivity index (χ3n) is 8.45. The minimum absolute atomic E-state index is 0.0222. The maximum Gasteiger partial charge on any atom is 0.225 e. The monoisotopic (exact) mass is 489 g/mol. The van der Waals surface area contributed by atoms with Crippen molar-refractivity contribution in [2.45, 2.75) is 109 Å². The molecule has 2 fully saturated rings. The minimum Gasteiger partial charge on any atom is -0.497 e. The molecule has 6 heteroatoms. The molecule has 0 aromatic heterocycles. The van der Waals surface area contributed by atoms with Crippen LogP contribution in [0.5, 0.6) is 5.75 Å². The van der Waals surface area contributed by atoms with E-state index in [1.165, 1.54) is 37.3 Å². The van der Waals surface area contributed by atoms with E-state index in [-0.39, 0.29) is 30.8 Å². The summed E-state index contributed by atoms with van der Waals surface area (Å²) in [5, 5.41) is 11.1. The Morgan fingerprint density at radius 2 is 1.85 bits per heavy atom. The lowest BCUT2D eigenvalue weighted by molar-refractivity contribution is -0.135. The van der Waals surface area contributed by atoms with E-state index in [2.05, 4.69) is 51.2 Å². The van der Waals surface area contributed by atoms with E-state index in [9.17, 15) is 9.90 Å². The first kappa shape index (κ1) is 27.2. The van der Waals surface area contributed by atoms with E-state index in [1.54, 1.807) is 7.11 Å². The van der Waals surface area contributed by atoms with Crippen LogP contribution in [0.1, 0.15) is 71.6 Å². The molecule has 0 saturated carbocycles. The first-order valence-corrected chi connectivity index (χ1v) is 16.6. The van der Waals surface area contributed by atoms with Gasteiger partial charge in [0.15, 0.2) is 0 Å². The molecule has 0 spiro atoms. The second kappa shape index (κ2) is 12.5. The largest absolute Gasteiger partial charge is 0.497 e. The molecule has 2 heterocycles. The van der Waals surface area contributed by atoms with Crippen LogP contribution >= 0.6 is 0 Å². The maximum absolute atomic E-state index is 13.3. The molecule has 192 valence electrons. The lowest BCUT2D eigenvalue weighted by Gasteiger charge is -2.36. The SMILES string of the molecule is CCCCCCC[C@H]1O[C@@H](CC(=O)N2CCC[C@H]2CO)[C@H]([Si](C)(C)c2ccc(OC)cc2)[C@H]1C. The van der Waals surface area contributed by atoms with E-state index in [0.29, 0.717) is 17.9 Å². The highest BCUT2D eigenvalue weighted by molar-refractivity contribution is 6.91. The van der Waals surface area contributed by atoms with Crippen molar-refractivity contribution in [3.63, 3.8) is 0 Å². The normalized spacial score (nSPS) is 27.4. The van der Waals surface area contributed by atoms with Crippen LogP contribution in [0.3, 0.4) is 0 Å². The molecule has 2 aliphatic heterocycles. The van der Waals surface area contributed by atoms with Crippen molar-refractivity contribution in [2.75, 3.05) is 20.3 Å². The fourth-order valence-electron chi connectivity index (χ4n) is 6.44. The highest BCUT2D eigenvalue weighted by Crippen LogP contribution is 2.47. The Labute approximate surface area is 208 Å². The van der Waals surface area contributed by atoms with Crippen LogP contribution in [0.25, 0.3) is 0 Å². The molecule has 1 amide bonds. The summed E-state index contributed by atoms with van der Waals surface area (Å²) in [5.74, 6) is 1.46. The third-order valence-corrected chi connectivity index (χ3v) is 12.8. The summed E-state index contributed by atoms with van der Waals surface area (Å²) in [5.41, 5.74) is 0.376. The zero-order valence-corrected chi connectivity index (χ0v) is 23.1. The fraction of sp³-hybridized carbons (Fsp3) is 0.750. The molecule has 1 aromatic rings. The lowest BCUT2D eigenvalue weighted by atomic mass is 9.95. The van der Waals surface area contributed by atoms with Crippen LogP contribution in [0.2, 0.25) is 18.6 Å². The maximum atomic E-state index is 13.3. The van der Waals surface area contributed by atoms with E-state index in [1.807, 2.05) is 4.90 Å². The molecule has 1 aromatic carbocycles. The Morgan fingerprint density at radius 3 is 2.50 bits per heavy atom. The van der Waals surface area contributed by atoms with Crippen LogP contribution in [0.15, 0.2) is 24.3 Å². The van der Waals surface area contributed by atoms with Gasteiger partial charge in [0.2, 0.25) is 5.91 Å². The molecule has 1 N–H and O–H groups in total. The summed E-state index contributed by atoms with van der Waals surface area (Å²) in [7, 11) is -0.239. The first-order chi connectivity index (χ1) is 16.3. The topological polar surface area (TPSA) is 59.0 Å². The average molecular weight is 490 g/mol. The summed E-state index contributed by atoms with van der Waals surface area (Å²) < 4.78 is 12.1. The molecule has 2 aliphatic rings. The number of likely N-dealkylation sites (tertiary alicyclic amines) is 1. The van der Waals surface area contributed by atoms with Crippen molar-refractivity contribution in [3.8, 4) is 5.75 Å². The number of carbonyl (C=O) groups is 1. The van der Waals surface area contributed by atoms with Gasteiger partial charge in [-0.15, -0.1) is 0 Å². The molecule has 0 radical (unpaired) electrons. The van der Waals surface area contributed by atoms with E-state index in [0.717, 1.165) is 31.6 Å². The molecule has 34 heavy (non-hydrogen) atoms. The Kier molecular flexibility index (Phi) is 10.0. The predicted molar refractivity (Wildman–Crippen MR) is 141 cm³/mol. The molecule has 5 nitrogen and oxygen atoms in total. The molecule has 0 aliphatic carbocycles. The Bertz CT molecular complexity index is 768. The third kappa shape index (κ3) is 6.24. The van der Waals surface area contributed by atoms with Crippen LogP contribution in [-0.4, -0.2) is 62.5 Å². The Morgan fingerprint density at radius 1 is 1.15 bits per heavy atom. The first-order valence-electron chi connectivity index (χ1n) is 13.5. The van der Waals surface area contributed by atoms with Gasteiger partial charge in [-0.2, -0.15) is 0 Å². The summed E-state index contributed by atoms with van der Waals surface area (Å²) in [6.45, 7) is 10.3. The van der Waals surface area contributed by atoms with E-state index in [4.69, 9.17) is 9.47 Å². The van der Waals surface area contributed by atoms with Gasteiger partial charge in [0.25, 0.3) is 0 Å². The number of nitrogens with zero attached hydrogens (tertiary/aromatic N) is 1. The van der Waals surface area contributed by atoms with Gasteiger partial charge in [0.1, 0.15) is 5.75 Å². The van der Waals surface area contributed by atoms with E-state index >= 15 is 0 Å². The molecular formula is C28H47NO4Si. The van der Waals surface area contributed by atoms with Crippen LogP contribution in [0, 0.1) is 5.92 Å². The number of methoxy groups -OCH3 is 1. The van der Waals surface area contributed by atoms with Crippen molar-refractivity contribution in [3.05, 3.63) is 24.3 Å². The number of rotatable bonds is 12. The van der Waals surface area contributed by atoms with Gasteiger partial charge in [0, 0.05) is 6.54 Å². The van der Waals surface area contributed by atoms with Crippen LogP contribution in [0.4, 0.5) is 0 Å². The van der Waals surface area contributed by atoms with Crippen molar-refractivity contribution in [1.29, 1.82) is 0 Å². The molecule has 0 unspecified atom stereocenters. The molecule has 2 saturated heterocycles. The second-order valence-corrected chi connectivity index (χ2v) is 15.7. The van der Waals surface area contributed by atoms with Gasteiger partial charge in [-0.05, 0) is 42.9 Å². The second-order valence-electron chi connectivity index (χ2n) is 11.0. The van der Waals surface area contributed by atoms with Crippen LogP contribution in [-0.2, 0) is 9.53 Å². The number of aliphatic hydroxyl groups is 1. The van der Waals surface area contributed by atoms with Crippen molar-refractivity contribution in [2.24, 2.45) is 5.92 Å². The zero-order chi connectivity index (χ0) is 24.7. The summed E-state index contributed by atoms with van der Waals surface area (Å²) >= 11 is 0. The molecule has 0 bridgehead atoms. The van der Waals surface area contributed by atoms with Crippen molar-refractivity contribution in [1.82, 2.24) is 4.90 Å². The van der Waals surface area contributed by atoms with Gasteiger partial charge in [0.05, 0.1) is 46.5 Å². The predicted octanol–water partition coefficient (Wildman–Crippen LogP) is 5.12. The standard InChI is InChI=1S/C28H47NO4Si/c1-6-7-8-9-10-13-25-21(2)28(34(4,5)24-16-14-23(32-3)15-17-24)26(33-25)19-27(31)29-18-11-12-22(29)20-30/h14-17,21-22,25-26,28,30H,6-13,18-20H2,1-5H3/t21-,22-,25+,26-,28+/m0/s1. The van der Waals surface area contributed by atoms with Gasteiger partial charge in [-0.25, -0.2) is 0 Å². The highest BCUT2D eigenvalue weighted by atomic mass is 28.3. The molecule has 3 rings (SSSR count). The molecular weight excluding hydrogens is 442 g/mol. The number of aliphatic hydroxyl groups excluding tert-OH is 1. The van der Waals surface area contributed by atoms with Crippen molar-refractivity contribution < 1.29 is 19.4 Å². The molecule has 5 atom stereocenters. The number of ether oxygens (including phenoxy) is 2. The summed E-state index contributed by atoms with van der Waals surface area (Å²) in [4.78, 5) is 15.3. The van der Waals surface area contributed by atoms with Gasteiger partial charge in [-0.3, -0.25) is 4.79 Å². The Hall–Kier alpha value is -1.37. The number of carbonyl (C=O) groups excluding carboxylic acids is 1. The van der Waals surface area contributed by atoms with Gasteiger partial charge in [-0.1, -0.05) is 76.4 Å². The Balaban J connectivity index is 1.78. The number of hydrogen-bond acceptors (Lipinski definition) is 4. The number of amides is 1. The van der Waals surface area contributed by atoms with Crippen molar-refractivity contribution >= 4 is 19.2 Å². The van der Waals surface area contributed by atoms with E-state index < -0.39 is 8.07 Å². The summed E-state index contributed by atoms with van der Waals surface area (Å²) in [6.07, 6.45) is 9.91. The summed E-state index contributed by atoms with van der Waals surface area (Å²) in [6, 6.07) is 8.54. The quantitative estimate of drug-likeness (QED) is 0.327. The van der Waals surface area contributed by atoms with Crippen LogP contribution < -0.4 is 9.92 Å². The minimum atomic E-state index is -1.94. The fourth-order valence-corrected chi connectivity index (χ4v) is 10.5. The van der Waals surface area contributed by atoms with Gasteiger partial charge >= 0.3 is 0 Å². The van der Waals surface area contributed by atoms with Gasteiger partial charge < -0.3 is 19.5 Å². The number of hydrogen-bond donors (Lipinski definition) is 1. The number of unbranched alkanes of at least 4 members (excludes halogenated alkanes) is 4. The smallest absolute Gasteiger partial charge is 0.225 e.